The Morgan fingerprint density at radius 3 is 2.39 bits per heavy atom. The Balaban J connectivity index is 2.23. The van der Waals surface area contributed by atoms with Crippen molar-refractivity contribution < 1.29 is 4.79 Å². The van der Waals surface area contributed by atoms with Crippen molar-refractivity contribution in [2.45, 2.75) is 13.3 Å². The van der Waals surface area contributed by atoms with Crippen LogP contribution in [-0.4, -0.2) is 17.3 Å². The van der Waals surface area contributed by atoms with E-state index in [0.29, 0.717) is 12.1 Å². The zero-order valence-corrected chi connectivity index (χ0v) is 10.4. The van der Waals surface area contributed by atoms with Gasteiger partial charge in [-0.15, -0.1) is 0 Å². The largest absolute Gasteiger partial charge is 0.330 e. The second kappa shape index (κ2) is 5.56. The van der Waals surface area contributed by atoms with E-state index in [2.05, 4.69) is 17.1 Å². The van der Waals surface area contributed by atoms with Gasteiger partial charge in [-0.05, 0) is 37.6 Å². The van der Waals surface area contributed by atoms with Crippen LogP contribution in [-0.2, 0) is 6.42 Å². The number of nitrogens with zero attached hydrogens (tertiary/aromatic N) is 1. The van der Waals surface area contributed by atoms with Crippen molar-refractivity contribution in [3.8, 4) is 11.3 Å². The highest BCUT2D eigenvalue weighted by Gasteiger charge is 2.02. The van der Waals surface area contributed by atoms with E-state index in [1.165, 1.54) is 12.5 Å². The van der Waals surface area contributed by atoms with Crippen LogP contribution in [0.3, 0.4) is 0 Å². The number of Topliss-reactive ketones (excluding diaryl/α,β-unsaturated/α-hetero) is 1. The molecule has 0 amide bonds. The number of hydrogen-bond donors (Lipinski definition) is 1. The summed E-state index contributed by atoms with van der Waals surface area (Å²) >= 11 is 0. The number of rotatable bonds is 4. The fourth-order valence-electron chi connectivity index (χ4n) is 1.78. The van der Waals surface area contributed by atoms with Crippen LogP contribution in [0, 0.1) is 0 Å². The van der Waals surface area contributed by atoms with E-state index in [-0.39, 0.29) is 5.78 Å². The Morgan fingerprint density at radius 2 is 1.89 bits per heavy atom. The maximum absolute atomic E-state index is 11.2. The molecule has 1 aromatic heterocycles. The standard InChI is InChI=1S/C15H16N2O/c1-11(18)14-6-7-15(17-10-14)13-4-2-12(3-5-13)8-9-16/h2-7,10H,8-9,16H2,1H3. The number of ketones is 1. The average Bonchev–Trinajstić information content (AvgIpc) is 2.40. The molecule has 0 unspecified atom stereocenters. The molecule has 0 saturated carbocycles. The van der Waals surface area contributed by atoms with Crippen LogP contribution in [0.1, 0.15) is 22.8 Å². The highest BCUT2D eigenvalue weighted by atomic mass is 16.1. The lowest BCUT2D eigenvalue weighted by atomic mass is 10.1. The Kier molecular flexibility index (Phi) is 3.85. The maximum Gasteiger partial charge on any atom is 0.161 e. The van der Waals surface area contributed by atoms with Gasteiger partial charge in [-0.1, -0.05) is 24.3 Å². The van der Waals surface area contributed by atoms with Crippen molar-refractivity contribution in [3.05, 3.63) is 53.7 Å². The number of hydrogen-bond acceptors (Lipinski definition) is 3. The molecule has 3 heteroatoms. The number of nitrogens with two attached hydrogens (primary N) is 1. The number of pyridine rings is 1. The number of carbonyl (C=O) groups excluding carboxylic acids is 1. The molecule has 3 nitrogen and oxygen atoms in total. The first-order chi connectivity index (χ1) is 8.70. The van der Waals surface area contributed by atoms with Gasteiger partial charge in [-0.2, -0.15) is 0 Å². The Morgan fingerprint density at radius 1 is 1.17 bits per heavy atom. The summed E-state index contributed by atoms with van der Waals surface area (Å²) < 4.78 is 0. The van der Waals surface area contributed by atoms with E-state index in [0.717, 1.165) is 17.7 Å². The first kappa shape index (κ1) is 12.5. The van der Waals surface area contributed by atoms with Crippen LogP contribution in [0.5, 0.6) is 0 Å². The third-order valence-electron chi connectivity index (χ3n) is 2.85. The molecule has 0 bridgehead atoms. The fraction of sp³-hybridized carbons (Fsp3) is 0.200. The Hall–Kier alpha value is -2.00. The molecule has 2 N–H and O–H groups in total. The minimum Gasteiger partial charge on any atom is -0.330 e. The molecule has 0 aliphatic carbocycles. The van der Waals surface area contributed by atoms with E-state index in [9.17, 15) is 4.79 Å². The van der Waals surface area contributed by atoms with Crippen LogP contribution < -0.4 is 5.73 Å². The molecular weight excluding hydrogens is 224 g/mol. The van der Waals surface area contributed by atoms with Gasteiger partial charge in [0.05, 0.1) is 5.69 Å². The van der Waals surface area contributed by atoms with Gasteiger partial charge in [0.25, 0.3) is 0 Å². The fourth-order valence-corrected chi connectivity index (χ4v) is 1.78. The molecular formula is C15H16N2O. The lowest BCUT2D eigenvalue weighted by Crippen LogP contribution is -2.02. The van der Waals surface area contributed by atoms with Crippen LogP contribution in [0.15, 0.2) is 42.6 Å². The second-order valence-corrected chi connectivity index (χ2v) is 4.22. The predicted octanol–water partition coefficient (Wildman–Crippen LogP) is 2.45. The smallest absolute Gasteiger partial charge is 0.161 e. The van der Waals surface area contributed by atoms with Crippen molar-refractivity contribution in [2.75, 3.05) is 6.54 Å². The molecule has 1 aromatic carbocycles. The Bertz CT molecular complexity index is 529. The highest BCUT2D eigenvalue weighted by Crippen LogP contribution is 2.18. The SMILES string of the molecule is CC(=O)c1ccc(-c2ccc(CCN)cc2)nc1. The van der Waals surface area contributed by atoms with Crippen LogP contribution in [0.4, 0.5) is 0 Å². The average molecular weight is 240 g/mol. The molecule has 92 valence electrons. The summed E-state index contributed by atoms with van der Waals surface area (Å²) in [5.74, 6) is 0.0346. The molecule has 2 aromatic rings. The van der Waals surface area contributed by atoms with Crippen molar-refractivity contribution in [2.24, 2.45) is 5.73 Å². The van der Waals surface area contributed by atoms with Gasteiger partial charge < -0.3 is 5.73 Å². The van der Waals surface area contributed by atoms with Crippen LogP contribution >= 0.6 is 0 Å². The molecule has 18 heavy (non-hydrogen) atoms. The molecule has 0 spiro atoms. The minimum atomic E-state index is 0.0346. The summed E-state index contributed by atoms with van der Waals surface area (Å²) in [5, 5.41) is 0. The van der Waals surface area contributed by atoms with Gasteiger partial charge >= 0.3 is 0 Å². The third kappa shape index (κ3) is 2.81. The quantitative estimate of drug-likeness (QED) is 0.835. The molecule has 0 radical (unpaired) electrons. The number of benzene rings is 1. The van der Waals surface area contributed by atoms with Crippen molar-refractivity contribution in [3.63, 3.8) is 0 Å². The van der Waals surface area contributed by atoms with Gasteiger partial charge in [0.1, 0.15) is 0 Å². The maximum atomic E-state index is 11.2. The second-order valence-electron chi connectivity index (χ2n) is 4.22. The molecule has 0 fully saturated rings. The van der Waals surface area contributed by atoms with Gasteiger partial charge in [0.15, 0.2) is 5.78 Å². The van der Waals surface area contributed by atoms with Crippen molar-refractivity contribution >= 4 is 5.78 Å². The number of carbonyl (C=O) groups is 1. The topological polar surface area (TPSA) is 56.0 Å². The molecule has 2 rings (SSSR count). The zero-order valence-electron chi connectivity index (χ0n) is 10.4. The molecule has 1 heterocycles. The van der Waals surface area contributed by atoms with Gasteiger partial charge in [0, 0.05) is 17.3 Å². The predicted molar refractivity (Wildman–Crippen MR) is 72.4 cm³/mol. The van der Waals surface area contributed by atoms with Crippen molar-refractivity contribution in [1.82, 2.24) is 4.98 Å². The summed E-state index contributed by atoms with van der Waals surface area (Å²) in [5.41, 5.74) is 9.29. The third-order valence-corrected chi connectivity index (χ3v) is 2.85. The minimum absolute atomic E-state index is 0.0346. The first-order valence-corrected chi connectivity index (χ1v) is 5.97. The lowest BCUT2D eigenvalue weighted by Gasteiger charge is -2.03. The first-order valence-electron chi connectivity index (χ1n) is 5.97. The van der Waals surface area contributed by atoms with Crippen LogP contribution in [0.25, 0.3) is 11.3 Å². The summed E-state index contributed by atoms with van der Waals surface area (Å²) in [6.45, 7) is 2.20. The van der Waals surface area contributed by atoms with E-state index in [1.807, 2.05) is 18.2 Å². The summed E-state index contributed by atoms with van der Waals surface area (Å²) in [4.78, 5) is 15.5. The van der Waals surface area contributed by atoms with E-state index >= 15 is 0 Å². The highest BCUT2D eigenvalue weighted by molar-refractivity contribution is 5.93. The molecule has 0 aliphatic rings. The van der Waals surface area contributed by atoms with Crippen molar-refractivity contribution in [1.29, 1.82) is 0 Å². The molecule has 0 atom stereocenters. The van der Waals surface area contributed by atoms with E-state index < -0.39 is 0 Å². The van der Waals surface area contributed by atoms with E-state index in [4.69, 9.17) is 5.73 Å². The van der Waals surface area contributed by atoms with Crippen LogP contribution in [0.2, 0.25) is 0 Å². The van der Waals surface area contributed by atoms with Gasteiger partial charge in [-0.3, -0.25) is 9.78 Å². The summed E-state index contributed by atoms with van der Waals surface area (Å²) in [6.07, 6.45) is 2.50. The van der Waals surface area contributed by atoms with E-state index in [1.54, 1.807) is 12.3 Å². The lowest BCUT2D eigenvalue weighted by molar-refractivity contribution is 0.101. The normalized spacial score (nSPS) is 10.3. The van der Waals surface area contributed by atoms with Gasteiger partial charge in [0.2, 0.25) is 0 Å². The zero-order chi connectivity index (χ0) is 13.0. The monoisotopic (exact) mass is 240 g/mol. The van der Waals surface area contributed by atoms with Gasteiger partial charge in [-0.25, -0.2) is 0 Å². The number of aromatic nitrogens is 1. The summed E-state index contributed by atoms with van der Waals surface area (Å²) in [6, 6.07) is 11.8. The Labute approximate surface area is 107 Å². The molecule has 0 aliphatic heterocycles. The molecule has 0 saturated heterocycles. The summed E-state index contributed by atoms with van der Waals surface area (Å²) in [7, 11) is 0.